The molecule has 6 rings (SSSR count). The summed E-state index contributed by atoms with van der Waals surface area (Å²) < 4.78 is 137. The summed E-state index contributed by atoms with van der Waals surface area (Å²) in [5.74, 6) is 0. The van der Waals surface area contributed by atoms with Gasteiger partial charge in [-0.15, -0.1) is 0 Å². The van der Waals surface area contributed by atoms with E-state index in [2.05, 4.69) is 4.99 Å². The van der Waals surface area contributed by atoms with Gasteiger partial charge in [-0.2, -0.15) is 33.7 Å². The van der Waals surface area contributed by atoms with Crippen molar-refractivity contribution >= 4 is 90.7 Å². The van der Waals surface area contributed by atoms with E-state index in [1.807, 2.05) is 25.7 Å². The summed E-state index contributed by atoms with van der Waals surface area (Å²) in [6.45, 7) is 9.56. The van der Waals surface area contributed by atoms with Gasteiger partial charge in [-0.1, -0.05) is 51.4 Å². The molecule has 0 aliphatic carbocycles. The van der Waals surface area contributed by atoms with Crippen LogP contribution in [0.1, 0.15) is 45.7 Å². The molecule has 0 unspecified atom stereocenters. The molecule has 0 radical (unpaired) electrons. The molecule has 54 heavy (non-hydrogen) atoms. The van der Waals surface area contributed by atoms with E-state index in [4.69, 9.17) is 11.6 Å². The highest BCUT2D eigenvalue weighted by Gasteiger charge is 2.42. The van der Waals surface area contributed by atoms with Gasteiger partial charge in [-0.05, 0) is 89.5 Å². The summed E-state index contributed by atoms with van der Waals surface area (Å²) in [4.78, 5) is 3.81. The molecule has 0 aromatic heterocycles. The minimum absolute atomic E-state index is 0.0264. The molecule has 0 saturated heterocycles. The van der Waals surface area contributed by atoms with Gasteiger partial charge in [0.15, 0.2) is 0 Å². The summed E-state index contributed by atoms with van der Waals surface area (Å²) in [7, 11) is -19.5. The van der Waals surface area contributed by atoms with Crippen molar-refractivity contribution in [2.45, 2.75) is 65.0 Å². The van der Waals surface area contributed by atoms with Crippen LogP contribution in [0.3, 0.4) is 0 Å². The van der Waals surface area contributed by atoms with Crippen molar-refractivity contribution in [1.29, 1.82) is 0 Å². The lowest BCUT2D eigenvalue weighted by Crippen LogP contribution is -2.25. The topological polar surface area (TPSA) is 233 Å². The molecule has 19 heteroatoms. The molecule has 0 atom stereocenters. The van der Waals surface area contributed by atoms with Crippen LogP contribution < -0.4 is 4.90 Å². The molecule has 4 N–H and O–H groups in total. The predicted molar refractivity (Wildman–Crippen MR) is 204 cm³/mol. The van der Waals surface area contributed by atoms with Gasteiger partial charge in [0, 0.05) is 44.6 Å². The number of fused-ring (bicyclic) bond motifs is 6. The Bertz CT molecular complexity index is 2930. The molecule has 0 bridgehead atoms. The average molecular weight is 837 g/mol. The normalized spacial score (nSPS) is 18.2. The Kier molecular flexibility index (Phi) is 9.40. The van der Waals surface area contributed by atoms with E-state index < -0.39 is 70.9 Å². The van der Waals surface area contributed by atoms with Crippen molar-refractivity contribution < 1.29 is 51.9 Å². The quantitative estimate of drug-likeness (QED) is 0.107. The third-order valence-corrected chi connectivity index (χ3v) is 13.4. The standard InChI is InChI=1S/C35H33ClN2O12S4/c1-6-38-27-12-10-23-25(16-21(52(42,43)44)18-29(23)54(48,49)50)33(27)35(4,5)31(38)14-8-19(36)7-13-30-34(2,3)32-24-15-20(51(39,40)41)17-28(53(45,46)47)22(24)9-11-26(32)37-30/h7-18H,6H2,1-5H3,(H,39,40,41)(H,42,43,44)(H,45,46,47)(H,48,49,50)/b13-7+,19-8-,31-14+. The Morgan fingerprint density at radius 1 is 0.704 bits per heavy atom. The van der Waals surface area contributed by atoms with E-state index in [9.17, 15) is 51.9 Å². The zero-order valence-corrected chi connectivity index (χ0v) is 33.1. The first-order valence-corrected chi connectivity index (χ1v) is 22.1. The van der Waals surface area contributed by atoms with Gasteiger partial charge in [0.25, 0.3) is 40.5 Å². The molecular formula is C35H33ClN2O12S4. The minimum atomic E-state index is -4.90. The Morgan fingerprint density at radius 2 is 1.20 bits per heavy atom. The van der Waals surface area contributed by atoms with Crippen LogP contribution in [0, 0.1) is 0 Å². The minimum Gasteiger partial charge on any atom is -0.344 e. The second-order valence-electron chi connectivity index (χ2n) is 13.8. The van der Waals surface area contributed by atoms with Crippen molar-refractivity contribution in [1.82, 2.24) is 0 Å². The third kappa shape index (κ3) is 6.69. The van der Waals surface area contributed by atoms with Crippen molar-refractivity contribution in [2.75, 3.05) is 11.4 Å². The highest BCUT2D eigenvalue weighted by molar-refractivity contribution is 7.87. The van der Waals surface area contributed by atoms with Gasteiger partial charge in [0.1, 0.15) is 9.79 Å². The van der Waals surface area contributed by atoms with Gasteiger partial charge in [0.05, 0.1) is 21.2 Å². The Hall–Kier alpha value is -3.98. The van der Waals surface area contributed by atoms with Crippen LogP contribution in [0.2, 0.25) is 0 Å². The van der Waals surface area contributed by atoms with Crippen LogP contribution in [0.5, 0.6) is 0 Å². The molecule has 0 amide bonds. The summed E-state index contributed by atoms with van der Waals surface area (Å²) in [6.07, 6.45) is 6.56. The van der Waals surface area contributed by atoms with Gasteiger partial charge in [-0.25, -0.2) is 0 Å². The Balaban J connectivity index is 1.41. The molecule has 286 valence electrons. The van der Waals surface area contributed by atoms with E-state index in [1.165, 1.54) is 24.3 Å². The first kappa shape index (κ1) is 39.7. The molecule has 0 saturated carbocycles. The molecule has 4 aromatic rings. The zero-order chi connectivity index (χ0) is 40.1. The highest BCUT2D eigenvalue weighted by atomic mass is 35.5. The van der Waals surface area contributed by atoms with E-state index in [0.29, 0.717) is 52.6 Å². The highest BCUT2D eigenvalue weighted by Crippen LogP contribution is 2.52. The number of benzene rings is 4. The first-order chi connectivity index (χ1) is 24.7. The fourth-order valence-electron chi connectivity index (χ4n) is 7.33. The smallest absolute Gasteiger partial charge is 0.295 e. The second kappa shape index (κ2) is 12.8. The number of likely N-dealkylation sites (N-methyl/N-ethyl adjacent to an activating group) is 1. The first-order valence-electron chi connectivity index (χ1n) is 15.9. The van der Waals surface area contributed by atoms with Crippen molar-refractivity contribution in [3.63, 3.8) is 0 Å². The molecule has 14 nitrogen and oxygen atoms in total. The van der Waals surface area contributed by atoms with Crippen LogP contribution in [-0.2, 0) is 51.3 Å². The molecule has 2 aliphatic rings. The van der Waals surface area contributed by atoms with Crippen molar-refractivity contribution in [3.8, 4) is 0 Å². The van der Waals surface area contributed by atoms with E-state index in [0.717, 1.165) is 6.07 Å². The fourth-order valence-corrected chi connectivity index (χ4v) is 10.1. The summed E-state index contributed by atoms with van der Waals surface area (Å²) in [5.41, 5.74) is 1.35. The Labute approximate surface area is 317 Å². The maximum absolute atomic E-state index is 12.3. The SMILES string of the molecule is CCN1/C(=C/C=C(Cl)/C=C/C2=Nc3ccc4c(S(=O)(=O)O)cc(S(=O)(=O)O)cc4c3C2(C)C)C(C)(C)c2c1ccc1c(S(=O)(=O)O)cc(S(=O)(=O)O)cc21. The lowest BCUT2D eigenvalue weighted by molar-refractivity contribution is 0.477. The average Bonchev–Trinajstić information content (AvgIpc) is 3.44. The van der Waals surface area contributed by atoms with Crippen LogP contribution >= 0.6 is 11.6 Å². The molecule has 0 fully saturated rings. The summed E-state index contributed by atoms with van der Waals surface area (Å²) in [6, 6.07) is 9.71. The zero-order valence-electron chi connectivity index (χ0n) is 29.1. The largest absolute Gasteiger partial charge is 0.344 e. The van der Waals surface area contributed by atoms with Gasteiger partial charge in [0.2, 0.25) is 0 Å². The van der Waals surface area contributed by atoms with Crippen LogP contribution in [0.4, 0.5) is 11.4 Å². The number of halogens is 1. The monoisotopic (exact) mass is 836 g/mol. The number of rotatable bonds is 8. The maximum Gasteiger partial charge on any atom is 0.295 e. The fraction of sp³-hybridized carbons (Fsp3) is 0.229. The number of hydrogen-bond acceptors (Lipinski definition) is 10. The molecular weight excluding hydrogens is 804 g/mol. The lowest BCUT2D eigenvalue weighted by Gasteiger charge is -2.26. The van der Waals surface area contributed by atoms with Crippen LogP contribution in [0.15, 0.2) is 108 Å². The number of hydrogen-bond donors (Lipinski definition) is 4. The number of nitrogens with zero attached hydrogens (tertiary/aromatic N) is 2. The third-order valence-electron chi connectivity index (χ3n) is 9.72. The predicted octanol–water partition coefficient (Wildman–Crippen LogP) is 6.72. The maximum atomic E-state index is 12.3. The summed E-state index contributed by atoms with van der Waals surface area (Å²) in [5, 5.41) is 0.653. The second-order valence-corrected chi connectivity index (χ2v) is 19.8. The van der Waals surface area contributed by atoms with E-state index >= 15 is 0 Å². The number of anilines is 1. The van der Waals surface area contributed by atoms with Crippen LogP contribution in [0.25, 0.3) is 21.5 Å². The number of aliphatic imine (C=N–C) groups is 1. The number of allylic oxidation sites excluding steroid dienone is 6. The van der Waals surface area contributed by atoms with Crippen molar-refractivity contribution in [2.24, 2.45) is 4.99 Å². The van der Waals surface area contributed by atoms with E-state index in [-0.39, 0.29) is 26.6 Å². The molecule has 2 aliphatic heterocycles. The van der Waals surface area contributed by atoms with Gasteiger partial charge in [-0.3, -0.25) is 23.2 Å². The molecule has 0 spiro atoms. The Morgan fingerprint density at radius 3 is 1.69 bits per heavy atom. The molecule has 2 heterocycles. The van der Waals surface area contributed by atoms with Gasteiger partial charge >= 0.3 is 0 Å². The molecule has 4 aromatic carbocycles. The van der Waals surface area contributed by atoms with Crippen LogP contribution in [-0.4, -0.2) is 64.1 Å². The van der Waals surface area contributed by atoms with E-state index in [1.54, 1.807) is 44.2 Å². The lowest BCUT2D eigenvalue weighted by atomic mass is 9.79. The summed E-state index contributed by atoms with van der Waals surface area (Å²) >= 11 is 6.69. The van der Waals surface area contributed by atoms with Crippen molar-refractivity contribution in [3.05, 3.63) is 94.7 Å². The van der Waals surface area contributed by atoms with Gasteiger partial charge < -0.3 is 4.90 Å².